The van der Waals surface area contributed by atoms with Crippen LogP contribution in [-0.4, -0.2) is 38.8 Å². The molecule has 2 rings (SSSR count). The molecule has 0 bridgehead atoms. The molecule has 0 amide bonds. The number of nitrogens with zero attached hydrogens (tertiary/aromatic N) is 2. The fourth-order valence-electron chi connectivity index (χ4n) is 2.22. The molecule has 0 unspecified atom stereocenters. The zero-order valence-electron chi connectivity index (χ0n) is 15.7. The fourth-order valence-corrected chi connectivity index (χ4v) is 2.22. The minimum Gasteiger partial charge on any atom is -0.493 e. The highest BCUT2D eigenvalue weighted by atomic mass is 16.5. The fraction of sp³-hybridized carbons (Fsp3) is 0.368. The summed E-state index contributed by atoms with van der Waals surface area (Å²) in [4.78, 5) is 8.52. The Hall–Kier alpha value is -2.96. The smallest absolute Gasteiger partial charge is 0.213 e. The minimum absolute atomic E-state index is 0.591. The molecule has 26 heavy (non-hydrogen) atoms. The normalized spacial score (nSPS) is 11.0. The maximum absolute atomic E-state index is 5.49. The monoisotopic (exact) mass is 358 g/mol. The number of ether oxygens (including phenoxy) is 3. The largest absolute Gasteiger partial charge is 0.493 e. The van der Waals surface area contributed by atoms with E-state index < -0.39 is 0 Å². The van der Waals surface area contributed by atoms with Crippen molar-refractivity contribution in [2.45, 2.75) is 19.9 Å². The number of methoxy groups -OCH3 is 2. The van der Waals surface area contributed by atoms with Crippen molar-refractivity contribution in [3.8, 4) is 17.4 Å². The van der Waals surface area contributed by atoms with Gasteiger partial charge in [-0.15, -0.1) is 0 Å². The molecule has 2 aromatic rings. The predicted molar refractivity (Wildman–Crippen MR) is 103 cm³/mol. The molecule has 0 saturated carbocycles. The summed E-state index contributed by atoms with van der Waals surface area (Å²) in [7, 11) is 4.93. The molecule has 1 aromatic heterocycles. The van der Waals surface area contributed by atoms with E-state index >= 15 is 0 Å². The van der Waals surface area contributed by atoms with Gasteiger partial charge in [-0.05, 0) is 24.1 Å². The first-order valence-corrected chi connectivity index (χ1v) is 8.47. The lowest BCUT2D eigenvalue weighted by Crippen LogP contribution is -2.30. The Morgan fingerprint density at radius 3 is 2.54 bits per heavy atom. The van der Waals surface area contributed by atoms with E-state index in [4.69, 9.17) is 14.2 Å². The quantitative estimate of drug-likeness (QED) is 0.558. The Labute approximate surface area is 154 Å². The van der Waals surface area contributed by atoms with Crippen LogP contribution in [0.25, 0.3) is 0 Å². The average molecular weight is 358 g/mol. The Balaban J connectivity index is 1.93. The molecule has 1 heterocycles. The van der Waals surface area contributed by atoms with E-state index in [1.54, 1.807) is 27.5 Å². The van der Waals surface area contributed by atoms with Crippen LogP contribution in [0.4, 0.5) is 5.69 Å². The van der Waals surface area contributed by atoms with Crippen LogP contribution in [0.3, 0.4) is 0 Å². The van der Waals surface area contributed by atoms with Crippen LogP contribution in [0.2, 0.25) is 0 Å². The van der Waals surface area contributed by atoms with Gasteiger partial charge in [-0.25, -0.2) is 4.98 Å². The molecule has 140 valence electrons. The molecular formula is C19H26N4O3. The predicted octanol–water partition coefficient (Wildman–Crippen LogP) is 3.08. The van der Waals surface area contributed by atoms with E-state index in [-0.39, 0.29) is 0 Å². The molecule has 7 nitrogen and oxygen atoms in total. The molecule has 1 aromatic carbocycles. The summed E-state index contributed by atoms with van der Waals surface area (Å²) >= 11 is 0. The van der Waals surface area contributed by atoms with Gasteiger partial charge < -0.3 is 24.8 Å². The van der Waals surface area contributed by atoms with Crippen LogP contribution in [-0.2, 0) is 6.54 Å². The molecule has 0 atom stereocenters. The summed E-state index contributed by atoms with van der Waals surface area (Å²) in [5.74, 6) is 2.62. The third-order valence-electron chi connectivity index (χ3n) is 3.58. The van der Waals surface area contributed by atoms with Gasteiger partial charge in [0.1, 0.15) is 0 Å². The molecule has 0 fully saturated rings. The van der Waals surface area contributed by atoms with Crippen molar-refractivity contribution in [1.29, 1.82) is 0 Å². The van der Waals surface area contributed by atoms with Gasteiger partial charge in [0.05, 0.1) is 20.8 Å². The van der Waals surface area contributed by atoms with Crippen LogP contribution in [0.1, 0.15) is 18.9 Å². The van der Waals surface area contributed by atoms with Crippen molar-refractivity contribution in [2.24, 2.45) is 4.99 Å². The standard InChI is InChI=1S/C19H26N4O3/c1-5-10-26-18-9-6-14(12-21-18)13-22-19(20-2)23-15-7-8-16(24-3)17(11-15)25-4/h6-9,11-12H,5,10,13H2,1-4H3,(H2,20,22,23). The molecule has 0 saturated heterocycles. The van der Waals surface area contributed by atoms with E-state index in [0.717, 1.165) is 17.7 Å². The van der Waals surface area contributed by atoms with Gasteiger partial charge in [-0.1, -0.05) is 13.0 Å². The number of nitrogens with one attached hydrogen (secondary N) is 2. The maximum Gasteiger partial charge on any atom is 0.213 e. The number of aliphatic imine (C=N–C) groups is 1. The second kappa shape index (κ2) is 10.1. The highest BCUT2D eigenvalue weighted by molar-refractivity contribution is 5.93. The van der Waals surface area contributed by atoms with E-state index in [1.165, 1.54) is 0 Å². The van der Waals surface area contributed by atoms with Crippen molar-refractivity contribution >= 4 is 11.6 Å². The van der Waals surface area contributed by atoms with E-state index in [1.807, 2.05) is 30.3 Å². The first-order chi connectivity index (χ1) is 12.7. The third kappa shape index (κ3) is 5.54. The number of aromatic nitrogens is 1. The van der Waals surface area contributed by atoms with Gasteiger partial charge in [0.15, 0.2) is 17.5 Å². The van der Waals surface area contributed by atoms with Crippen LogP contribution < -0.4 is 24.8 Å². The summed E-state index contributed by atoms with van der Waals surface area (Å²) in [5, 5.41) is 6.47. The number of benzene rings is 1. The lowest BCUT2D eigenvalue weighted by Gasteiger charge is -2.14. The summed E-state index contributed by atoms with van der Waals surface area (Å²) < 4.78 is 16.0. The Morgan fingerprint density at radius 2 is 1.92 bits per heavy atom. The molecule has 0 spiro atoms. The molecule has 0 aliphatic carbocycles. The van der Waals surface area contributed by atoms with Crippen molar-refractivity contribution in [2.75, 3.05) is 33.2 Å². The lowest BCUT2D eigenvalue weighted by molar-refractivity contribution is 0.305. The van der Waals surface area contributed by atoms with Crippen molar-refractivity contribution in [3.05, 3.63) is 42.1 Å². The summed E-state index contributed by atoms with van der Waals surface area (Å²) in [6.07, 6.45) is 2.75. The SMILES string of the molecule is CCCOc1ccc(CNC(=NC)Nc2ccc(OC)c(OC)c2)cn1. The van der Waals surface area contributed by atoms with E-state index in [9.17, 15) is 0 Å². The highest BCUT2D eigenvalue weighted by Gasteiger charge is 2.06. The maximum atomic E-state index is 5.49. The van der Waals surface area contributed by atoms with Gasteiger partial charge in [0.2, 0.25) is 5.88 Å². The van der Waals surface area contributed by atoms with E-state index in [2.05, 4.69) is 27.5 Å². The Bertz CT molecular complexity index is 717. The number of pyridine rings is 1. The molecule has 0 aliphatic heterocycles. The topological polar surface area (TPSA) is 77.0 Å². The first-order valence-electron chi connectivity index (χ1n) is 8.47. The van der Waals surface area contributed by atoms with E-state index in [0.29, 0.717) is 36.5 Å². The number of anilines is 1. The van der Waals surface area contributed by atoms with Gasteiger partial charge in [-0.3, -0.25) is 4.99 Å². The van der Waals surface area contributed by atoms with Crippen LogP contribution in [0, 0.1) is 0 Å². The van der Waals surface area contributed by atoms with Crippen molar-refractivity contribution < 1.29 is 14.2 Å². The van der Waals surface area contributed by atoms with Crippen LogP contribution in [0.15, 0.2) is 41.5 Å². The second-order valence-corrected chi connectivity index (χ2v) is 5.47. The zero-order chi connectivity index (χ0) is 18.8. The molecule has 0 aliphatic rings. The van der Waals surface area contributed by atoms with Crippen LogP contribution in [0.5, 0.6) is 17.4 Å². The molecule has 0 radical (unpaired) electrons. The lowest BCUT2D eigenvalue weighted by atomic mass is 10.2. The summed E-state index contributed by atoms with van der Waals surface area (Å²) in [6.45, 7) is 3.33. The third-order valence-corrected chi connectivity index (χ3v) is 3.58. The summed E-state index contributed by atoms with van der Waals surface area (Å²) in [6, 6.07) is 9.45. The van der Waals surface area contributed by atoms with Gasteiger partial charge in [0, 0.05) is 37.6 Å². The Morgan fingerprint density at radius 1 is 1.12 bits per heavy atom. The number of hydrogen-bond donors (Lipinski definition) is 2. The number of guanidine groups is 1. The average Bonchev–Trinajstić information content (AvgIpc) is 2.70. The van der Waals surface area contributed by atoms with Crippen molar-refractivity contribution in [1.82, 2.24) is 10.3 Å². The molecule has 2 N–H and O–H groups in total. The number of hydrogen-bond acceptors (Lipinski definition) is 5. The number of rotatable bonds is 8. The molecule has 7 heteroatoms. The first kappa shape index (κ1) is 19.4. The summed E-state index contributed by atoms with van der Waals surface area (Å²) in [5.41, 5.74) is 1.88. The molecular weight excluding hydrogens is 332 g/mol. The van der Waals surface area contributed by atoms with Gasteiger partial charge in [0.25, 0.3) is 0 Å². The van der Waals surface area contributed by atoms with Gasteiger partial charge in [-0.2, -0.15) is 0 Å². The second-order valence-electron chi connectivity index (χ2n) is 5.47. The van der Waals surface area contributed by atoms with Crippen molar-refractivity contribution in [3.63, 3.8) is 0 Å². The Kier molecular flexibility index (Phi) is 7.54. The van der Waals surface area contributed by atoms with Gasteiger partial charge >= 0.3 is 0 Å². The minimum atomic E-state index is 0.591. The zero-order valence-corrected chi connectivity index (χ0v) is 15.7. The highest BCUT2D eigenvalue weighted by Crippen LogP contribution is 2.29. The van der Waals surface area contributed by atoms with Crippen LogP contribution >= 0.6 is 0 Å².